The molecule has 0 aliphatic carbocycles. The number of methoxy groups -OCH3 is 1. The summed E-state index contributed by atoms with van der Waals surface area (Å²) in [5, 5.41) is 3.02. The highest BCUT2D eigenvalue weighted by Gasteiger charge is 2.30. The quantitative estimate of drug-likeness (QED) is 0.490. The standard InChI is InChI=1S/C24H25FN6O4/c1-34-19-7-3-2-6-18(19)27-24-29-20(28-23(26)30-24)14-35-22(33)16-5-4-12-31(13-16)21(32)15-8-10-17(25)11-9-15/h2-3,6-11,16H,4-5,12-14H2,1H3,(H3,26,27,28,29,30)/t16-/m0/s1. The average molecular weight is 481 g/mol. The average Bonchev–Trinajstić information content (AvgIpc) is 2.87. The Balaban J connectivity index is 1.37. The fraction of sp³-hybridized carbons (Fsp3) is 0.292. The Morgan fingerprint density at radius 2 is 1.91 bits per heavy atom. The van der Waals surface area contributed by atoms with Gasteiger partial charge in [0.25, 0.3) is 5.91 Å². The Bertz CT molecular complexity index is 1210. The minimum absolute atomic E-state index is 0.0304. The maximum Gasteiger partial charge on any atom is 0.311 e. The van der Waals surface area contributed by atoms with Crippen molar-refractivity contribution < 1.29 is 23.5 Å². The summed E-state index contributed by atoms with van der Waals surface area (Å²) in [6.45, 7) is 0.533. The zero-order chi connectivity index (χ0) is 24.8. The Morgan fingerprint density at radius 1 is 1.14 bits per heavy atom. The topological polar surface area (TPSA) is 133 Å². The van der Waals surface area contributed by atoms with Crippen molar-refractivity contribution in [2.45, 2.75) is 19.4 Å². The number of hydrogen-bond donors (Lipinski definition) is 2. The summed E-state index contributed by atoms with van der Waals surface area (Å²) in [6.07, 6.45) is 1.24. The van der Waals surface area contributed by atoms with Crippen molar-refractivity contribution in [2.75, 3.05) is 31.2 Å². The van der Waals surface area contributed by atoms with Crippen molar-refractivity contribution in [3.05, 3.63) is 65.7 Å². The smallest absolute Gasteiger partial charge is 0.311 e. The number of anilines is 3. The van der Waals surface area contributed by atoms with Crippen LogP contribution in [0.1, 0.15) is 29.0 Å². The highest BCUT2D eigenvalue weighted by atomic mass is 19.1. The summed E-state index contributed by atoms with van der Waals surface area (Å²) in [7, 11) is 1.55. The number of aromatic nitrogens is 3. The van der Waals surface area contributed by atoms with Gasteiger partial charge >= 0.3 is 5.97 Å². The molecule has 2 aromatic carbocycles. The molecule has 1 amide bonds. The van der Waals surface area contributed by atoms with E-state index in [1.54, 1.807) is 24.1 Å². The summed E-state index contributed by atoms with van der Waals surface area (Å²) in [5.41, 5.74) is 6.81. The molecule has 1 aliphatic rings. The predicted octanol–water partition coefficient (Wildman–Crippen LogP) is 2.94. The highest BCUT2D eigenvalue weighted by Crippen LogP contribution is 2.26. The van der Waals surface area contributed by atoms with Crippen LogP contribution in [0.4, 0.5) is 22.0 Å². The molecular weight excluding hydrogens is 455 g/mol. The van der Waals surface area contributed by atoms with Gasteiger partial charge in [-0.25, -0.2) is 4.39 Å². The zero-order valence-electron chi connectivity index (χ0n) is 19.1. The van der Waals surface area contributed by atoms with Gasteiger partial charge in [-0.05, 0) is 49.2 Å². The molecule has 35 heavy (non-hydrogen) atoms. The first-order chi connectivity index (χ1) is 16.9. The maximum atomic E-state index is 13.2. The molecule has 0 radical (unpaired) electrons. The van der Waals surface area contributed by atoms with E-state index in [0.717, 1.165) is 0 Å². The lowest BCUT2D eigenvalue weighted by atomic mass is 9.97. The molecule has 2 heterocycles. The van der Waals surface area contributed by atoms with E-state index in [2.05, 4.69) is 20.3 Å². The number of nitrogens with two attached hydrogens (primary N) is 1. The number of nitrogens with one attached hydrogen (secondary N) is 1. The molecule has 1 aliphatic heterocycles. The summed E-state index contributed by atoms with van der Waals surface area (Å²) in [5.74, 6) is -0.686. The molecule has 0 unspecified atom stereocenters. The van der Waals surface area contributed by atoms with Gasteiger partial charge in [-0.3, -0.25) is 9.59 Å². The first kappa shape index (κ1) is 23.9. The first-order valence-corrected chi connectivity index (χ1v) is 11.0. The SMILES string of the molecule is COc1ccccc1Nc1nc(N)nc(COC(=O)[C@H]2CCCN(C(=O)c3ccc(F)cc3)C2)n1. The summed E-state index contributed by atoms with van der Waals surface area (Å²) >= 11 is 0. The number of amides is 1. The Hall–Kier alpha value is -4.28. The van der Waals surface area contributed by atoms with Crippen LogP contribution in [0.15, 0.2) is 48.5 Å². The Labute approximate surface area is 201 Å². The molecule has 4 rings (SSSR count). The van der Waals surface area contributed by atoms with E-state index in [0.29, 0.717) is 36.4 Å². The zero-order valence-corrected chi connectivity index (χ0v) is 19.1. The highest BCUT2D eigenvalue weighted by molar-refractivity contribution is 5.94. The number of likely N-dealkylation sites (tertiary alicyclic amines) is 1. The van der Waals surface area contributed by atoms with Gasteiger partial charge in [0.1, 0.15) is 11.6 Å². The van der Waals surface area contributed by atoms with Crippen molar-refractivity contribution in [3.63, 3.8) is 0 Å². The molecule has 1 aromatic heterocycles. The van der Waals surface area contributed by atoms with Gasteiger partial charge < -0.3 is 25.4 Å². The molecular formula is C24H25FN6O4. The second kappa shape index (κ2) is 10.8. The molecule has 0 spiro atoms. The minimum Gasteiger partial charge on any atom is -0.495 e. The lowest BCUT2D eigenvalue weighted by molar-refractivity contribution is -0.151. The third-order valence-electron chi connectivity index (χ3n) is 5.53. The number of piperidine rings is 1. The van der Waals surface area contributed by atoms with Gasteiger partial charge in [-0.1, -0.05) is 12.1 Å². The third kappa shape index (κ3) is 5.99. The maximum absolute atomic E-state index is 13.2. The van der Waals surface area contributed by atoms with Crippen LogP contribution in [-0.2, 0) is 16.1 Å². The number of para-hydroxylation sites is 2. The number of rotatable bonds is 7. The fourth-order valence-electron chi connectivity index (χ4n) is 3.81. The van der Waals surface area contributed by atoms with E-state index in [9.17, 15) is 14.0 Å². The molecule has 0 bridgehead atoms. The van der Waals surface area contributed by atoms with Crippen molar-refractivity contribution in [2.24, 2.45) is 5.92 Å². The second-order valence-corrected chi connectivity index (χ2v) is 7.96. The Morgan fingerprint density at radius 3 is 2.69 bits per heavy atom. The van der Waals surface area contributed by atoms with E-state index in [1.807, 2.05) is 12.1 Å². The van der Waals surface area contributed by atoms with Crippen LogP contribution < -0.4 is 15.8 Å². The van der Waals surface area contributed by atoms with Gasteiger partial charge in [0, 0.05) is 18.7 Å². The second-order valence-electron chi connectivity index (χ2n) is 7.96. The number of nitrogen functional groups attached to an aromatic ring is 1. The number of halogens is 1. The van der Waals surface area contributed by atoms with Crippen molar-refractivity contribution in [3.8, 4) is 5.75 Å². The van der Waals surface area contributed by atoms with Gasteiger partial charge in [0.05, 0.1) is 18.7 Å². The largest absolute Gasteiger partial charge is 0.495 e. The summed E-state index contributed by atoms with van der Waals surface area (Å²) in [4.78, 5) is 39.4. The molecule has 10 nitrogen and oxygen atoms in total. The van der Waals surface area contributed by atoms with E-state index in [4.69, 9.17) is 15.2 Å². The molecule has 3 aromatic rings. The van der Waals surface area contributed by atoms with Crippen LogP contribution in [0.2, 0.25) is 0 Å². The Kier molecular flexibility index (Phi) is 7.34. The van der Waals surface area contributed by atoms with E-state index in [-0.39, 0.29) is 36.8 Å². The van der Waals surface area contributed by atoms with Gasteiger partial charge in [-0.2, -0.15) is 15.0 Å². The van der Waals surface area contributed by atoms with E-state index < -0.39 is 17.7 Å². The fourth-order valence-corrected chi connectivity index (χ4v) is 3.81. The minimum atomic E-state index is -0.487. The van der Waals surface area contributed by atoms with Crippen LogP contribution >= 0.6 is 0 Å². The molecule has 182 valence electrons. The van der Waals surface area contributed by atoms with Crippen molar-refractivity contribution >= 4 is 29.5 Å². The lowest BCUT2D eigenvalue weighted by Crippen LogP contribution is -2.42. The van der Waals surface area contributed by atoms with E-state index in [1.165, 1.54) is 24.3 Å². The third-order valence-corrected chi connectivity index (χ3v) is 5.53. The van der Waals surface area contributed by atoms with Crippen LogP contribution in [0, 0.1) is 11.7 Å². The molecule has 3 N–H and O–H groups in total. The molecule has 1 atom stereocenters. The van der Waals surface area contributed by atoms with Crippen molar-refractivity contribution in [1.29, 1.82) is 0 Å². The van der Waals surface area contributed by atoms with Crippen LogP contribution in [-0.4, -0.2) is 51.9 Å². The monoisotopic (exact) mass is 480 g/mol. The first-order valence-electron chi connectivity index (χ1n) is 11.0. The number of ether oxygens (including phenoxy) is 2. The number of nitrogens with zero attached hydrogens (tertiary/aromatic N) is 4. The number of esters is 1. The van der Waals surface area contributed by atoms with Gasteiger partial charge in [0.15, 0.2) is 12.4 Å². The summed E-state index contributed by atoms with van der Waals surface area (Å²) in [6, 6.07) is 12.6. The number of benzene rings is 2. The van der Waals surface area contributed by atoms with Crippen LogP contribution in [0.3, 0.4) is 0 Å². The molecule has 1 fully saturated rings. The molecule has 1 saturated heterocycles. The number of carbonyl (C=O) groups excluding carboxylic acids is 2. The molecule has 0 saturated carbocycles. The van der Waals surface area contributed by atoms with E-state index >= 15 is 0 Å². The van der Waals surface area contributed by atoms with Crippen LogP contribution in [0.25, 0.3) is 0 Å². The van der Waals surface area contributed by atoms with Crippen LogP contribution in [0.5, 0.6) is 5.75 Å². The normalized spacial score (nSPS) is 15.4. The number of carbonyl (C=O) groups is 2. The predicted molar refractivity (Wildman–Crippen MR) is 125 cm³/mol. The summed E-state index contributed by atoms with van der Waals surface area (Å²) < 4.78 is 23.9. The number of hydrogen-bond acceptors (Lipinski definition) is 9. The van der Waals surface area contributed by atoms with Gasteiger partial charge in [0.2, 0.25) is 11.9 Å². The van der Waals surface area contributed by atoms with Crippen molar-refractivity contribution in [1.82, 2.24) is 19.9 Å². The lowest BCUT2D eigenvalue weighted by Gasteiger charge is -2.31. The van der Waals surface area contributed by atoms with Gasteiger partial charge in [-0.15, -0.1) is 0 Å². The molecule has 11 heteroatoms.